The molecule has 0 aliphatic carbocycles. The first kappa shape index (κ1) is 22.2. The number of aryl methyl sites for hydroxylation is 2. The molecule has 0 saturated carbocycles. The molecule has 0 aliphatic rings. The highest BCUT2D eigenvalue weighted by molar-refractivity contribution is 6.30. The van der Waals surface area contributed by atoms with Crippen molar-refractivity contribution >= 4 is 17.6 Å². The lowest BCUT2D eigenvalue weighted by atomic mass is 10.1. The van der Waals surface area contributed by atoms with Crippen LogP contribution in [0.25, 0.3) is 0 Å². The average molecular weight is 405 g/mol. The van der Waals surface area contributed by atoms with Crippen LogP contribution in [0.5, 0.6) is 0 Å². The van der Waals surface area contributed by atoms with Crippen molar-refractivity contribution in [1.82, 2.24) is 25.3 Å². The molecule has 7 heteroatoms. The quantitative estimate of drug-likeness (QED) is 0.550. The van der Waals surface area contributed by atoms with E-state index in [9.17, 15) is 0 Å². The van der Waals surface area contributed by atoms with Gasteiger partial charge in [-0.25, -0.2) is 0 Å². The fourth-order valence-electron chi connectivity index (χ4n) is 3.37. The van der Waals surface area contributed by atoms with Gasteiger partial charge in [-0.15, -0.1) is 0 Å². The molecule has 2 N–H and O–H groups in total. The van der Waals surface area contributed by atoms with Gasteiger partial charge in [-0.3, -0.25) is 9.67 Å². The van der Waals surface area contributed by atoms with Crippen molar-refractivity contribution in [3.05, 3.63) is 51.8 Å². The Morgan fingerprint density at radius 1 is 1.25 bits per heavy atom. The number of nitrogens with one attached hydrogen (secondary N) is 2. The number of benzene rings is 1. The first-order chi connectivity index (χ1) is 13.2. The standard InChI is InChI=1S/C21H33ClN6/c1-14(12-19-15(2)26-28(7)16(19)3)25-21(23-4)24-13-20(27(5)6)17-8-10-18(22)11-9-17/h8-11,14,20H,12-13H2,1-7H3,(H2,23,24,25). The summed E-state index contributed by atoms with van der Waals surface area (Å²) < 4.78 is 1.94. The summed E-state index contributed by atoms with van der Waals surface area (Å²) in [5.74, 6) is 0.799. The maximum atomic E-state index is 6.03. The third kappa shape index (κ3) is 5.72. The topological polar surface area (TPSA) is 57.5 Å². The number of hydrogen-bond acceptors (Lipinski definition) is 3. The normalized spacial score (nSPS) is 14.2. The predicted octanol–water partition coefficient (Wildman–Crippen LogP) is 3.09. The highest BCUT2D eigenvalue weighted by atomic mass is 35.5. The minimum atomic E-state index is 0.217. The number of aromatic nitrogens is 2. The number of aliphatic imine (C=N–C) groups is 1. The molecular weight excluding hydrogens is 372 g/mol. The van der Waals surface area contributed by atoms with Crippen LogP contribution in [0.2, 0.25) is 5.02 Å². The zero-order valence-corrected chi connectivity index (χ0v) is 18.8. The maximum absolute atomic E-state index is 6.03. The van der Waals surface area contributed by atoms with Crippen LogP contribution in [-0.4, -0.2) is 54.4 Å². The lowest BCUT2D eigenvalue weighted by Gasteiger charge is -2.27. The van der Waals surface area contributed by atoms with Gasteiger partial charge in [0.2, 0.25) is 0 Å². The van der Waals surface area contributed by atoms with Crippen LogP contribution in [0.1, 0.15) is 35.5 Å². The second kappa shape index (κ2) is 9.94. The maximum Gasteiger partial charge on any atom is 0.191 e. The molecule has 0 bridgehead atoms. The summed E-state index contributed by atoms with van der Waals surface area (Å²) in [6.45, 7) is 7.09. The van der Waals surface area contributed by atoms with Gasteiger partial charge in [0.15, 0.2) is 5.96 Å². The number of rotatable bonds is 7. The van der Waals surface area contributed by atoms with Crippen molar-refractivity contribution in [3.63, 3.8) is 0 Å². The molecule has 1 heterocycles. The van der Waals surface area contributed by atoms with Crippen LogP contribution in [0.3, 0.4) is 0 Å². The van der Waals surface area contributed by atoms with Gasteiger partial charge in [0, 0.05) is 37.4 Å². The third-order valence-electron chi connectivity index (χ3n) is 5.12. The third-order valence-corrected chi connectivity index (χ3v) is 5.37. The van der Waals surface area contributed by atoms with E-state index in [0.717, 1.165) is 29.6 Å². The van der Waals surface area contributed by atoms with Gasteiger partial charge in [0.25, 0.3) is 0 Å². The molecule has 2 aromatic rings. The summed E-state index contributed by atoms with van der Waals surface area (Å²) in [6, 6.07) is 8.46. The van der Waals surface area contributed by atoms with Crippen molar-refractivity contribution in [1.29, 1.82) is 0 Å². The second-order valence-electron chi connectivity index (χ2n) is 7.51. The molecule has 28 heavy (non-hydrogen) atoms. The highest BCUT2D eigenvalue weighted by Gasteiger charge is 2.17. The molecule has 2 unspecified atom stereocenters. The van der Waals surface area contributed by atoms with Crippen LogP contribution >= 0.6 is 11.6 Å². The molecule has 1 aromatic carbocycles. The highest BCUT2D eigenvalue weighted by Crippen LogP contribution is 2.20. The average Bonchev–Trinajstić information content (AvgIpc) is 2.88. The zero-order chi connectivity index (χ0) is 20.8. The molecule has 0 amide bonds. The monoisotopic (exact) mass is 404 g/mol. The summed E-state index contributed by atoms with van der Waals surface area (Å²) in [6.07, 6.45) is 0.903. The van der Waals surface area contributed by atoms with E-state index >= 15 is 0 Å². The lowest BCUT2D eigenvalue weighted by molar-refractivity contribution is 0.298. The van der Waals surface area contributed by atoms with Crippen molar-refractivity contribution < 1.29 is 0 Å². The second-order valence-corrected chi connectivity index (χ2v) is 7.94. The van der Waals surface area contributed by atoms with Crippen LogP contribution in [0.4, 0.5) is 0 Å². The number of likely N-dealkylation sites (N-methyl/N-ethyl adjacent to an activating group) is 1. The van der Waals surface area contributed by atoms with Crippen molar-refractivity contribution in [2.45, 2.75) is 39.3 Å². The van der Waals surface area contributed by atoms with E-state index in [0.29, 0.717) is 0 Å². The van der Waals surface area contributed by atoms with Gasteiger partial charge in [-0.1, -0.05) is 23.7 Å². The zero-order valence-electron chi connectivity index (χ0n) is 18.0. The van der Waals surface area contributed by atoms with E-state index in [1.54, 1.807) is 7.05 Å². The SMILES string of the molecule is CN=C(NCC(c1ccc(Cl)cc1)N(C)C)NC(C)Cc1c(C)nn(C)c1C. The minimum absolute atomic E-state index is 0.217. The Bertz CT molecular complexity index is 794. The van der Waals surface area contributed by atoms with E-state index in [1.807, 2.05) is 23.9 Å². The van der Waals surface area contributed by atoms with Crippen LogP contribution in [0, 0.1) is 13.8 Å². The van der Waals surface area contributed by atoms with Crippen LogP contribution < -0.4 is 10.6 Å². The molecule has 2 atom stereocenters. The van der Waals surface area contributed by atoms with Crippen molar-refractivity contribution in [3.8, 4) is 0 Å². The number of hydrogen-bond donors (Lipinski definition) is 2. The largest absolute Gasteiger partial charge is 0.354 e. The molecule has 0 radical (unpaired) electrons. The Morgan fingerprint density at radius 3 is 2.39 bits per heavy atom. The van der Waals surface area contributed by atoms with Crippen molar-refractivity contribution in [2.24, 2.45) is 12.0 Å². The fourth-order valence-corrected chi connectivity index (χ4v) is 3.50. The van der Waals surface area contributed by atoms with Crippen LogP contribution in [0.15, 0.2) is 29.3 Å². The van der Waals surface area contributed by atoms with E-state index < -0.39 is 0 Å². The molecule has 1 aromatic heterocycles. The Kier molecular flexibility index (Phi) is 7.89. The summed E-state index contributed by atoms with van der Waals surface area (Å²) in [4.78, 5) is 6.58. The predicted molar refractivity (Wildman–Crippen MR) is 118 cm³/mol. The molecule has 0 fully saturated rings. The van der Waals surface area contributed by atoms with E-state index in [4.69, 9.17) is 11.6 Å². The first-order valence-electron chi connectivity index (χ1n) is 9.61. The van der Waals surface area contributed by atoms with E-state index in [-0.39, 0.29) is 12.1 Å². The summed E-state index contributed by atoms with van der Waals surface area (Å²) in [5, 5.41) is 12.2. The van der Waals surface area contributed by atoms with Gasteiger partial charge >= 0.3 is 0 Å². The number of guanidine groups is 1. The molecule has 2 rings (SSSR count). The minimum Gasteiger partial charge on any atom is -0.354 e. The van der Waals surface area contributed by atoms with Gasteiger partial charge in [0.1, 0.15) is 0 Å². The molecule has 0 saturated heterocycles. The Labute approximate surface area is 174 Å². The fraction of sp³-hybridized carbons (Fsp3) is 0.524. The van der Waals surface area contributed by atoms with Gasteiger partial charge in [0.05, 0.1) is 11.7 Å². The number of halogens is 1. The van der Waals surface area contributed by atoms with Crippen LogP contribution in [-0.2, 0) is 13.5 Å². The van der Waals surface area contributed by atoms with E-state index in [1.165, 1.54) is 16.8 Å². The summed E-state index contributed by atoms with van der Waals surface area (Å²) in [7, 11) is 7.94. The Balaban J connectivity index is 1.98. The Hall–Kier alpha value is -2.05. The molecule has 6 nitrogen and oxygen atoms in total. The summed E-state index contributed by atoms with van der Waals surface area (Å²) >= 11 is 6.03. The van der Waals surface area contributed by atoms with Gasteiger partial charge < -0.3 is 15.5 Å². The first-order valence-corrected chi connectivity index (χ1v) is 9.98. The van der Waals surface area contributed by atoms with E-state index in [2.05, 4.69) is 72.6 Å². The summed E-state index contributed by atoms with van der Waals surface area (Å²) in [5.41, 5.74) is 4.81. The molecule has 0 aliphatic heterocycles. The van der Waals surface area contributed by atoms with Crippen molar-refractivity contribution in [2.75, 3.05) is 27.7 Å². The lowest BCUT2D eigenvalue weighted by Crippen LogP contribution is -2.45. The van der Waals surface area contributed by atoms with Gasteiger partial charge in [-0.2, -0.15) is 5.10 Å². The number of nitrogens with zero attached hydrogens (tertiary/aromatic N) is 4. The molecule has 154 valence electrons. The Morgan fingerprint density at radius 2 is 1.89 bits per heavy atom. The smallest absolute Gasteiger partial charge is 0.191 e. The van der Waals surface area contributed by atoms with Gasteiger partial charge in [-0.05, 0) is 64.5 Å². The molecular formula is C21H33ClN6. The molecule has 0 spiro atoms.